The molecule has 6 rings (SSSR count). The van der Waals surface area contributed by atoms with E-state index in [1.54, 1.807) is 23.3 Å². The number of rotatable bonds is 6. The first-order valence-corrected chi connectivity index (χ1v) is 12.1. The Balaban J connectivity index is 1.22. The van der Waals surface area contributed by atoms with E-state index in [1.165, 1.54) is 0 Å². The van der Waals surface area contributed by atoms with Gasteiger partial charge in [-0.15, -0.1) is 0 Å². The van der Waals surface area contributed by atoms with Gasteiger partial charge in [0.1, 0.15) is 6.10 Å². The van der Waals surface area contributed by atoms with Crippen LogP contribution in [0.2, 0.25) is 5.02 Å². The zero-order chi connectivity index (χ0) is 24.6. The first-order chi connectivity index (χ1) is 17.6. The van der Waals surface area contributed by atoms with Gasteiger partial charge in [-0.05, 0) is 42.2 Å². The van der Waals surface area contributed by atoms with Crippen LogP contribution in [0, 0.1) is 5.92 Å². The van der Waals surface area contributed by atoms with E-state index in [1.807, 2.05) is 48.5 Å². The number of pyridine rings is 1. The molecule has 1 aliphatic rings. The van der Waals surface area contributed by atoms with Gasteiger partial charge in [-0.2, -0.15) is 20.0 Å². The van der Waals surface area contributed by atoms with Crippen molar-refractivity contribution in [1.82, 2.24) is 29.9 Å². The van der Waals surface area contributed by atoms with Gasteiger partial charge >= 0.3 is 0 Å². The Morgan fingerprint density at radius 1 is 0.944 bits per heavy atom. The van der Waals surface area contributed by atoms with Crippen LogP contribution in [-0.2, 0) is 0 Å². The number of fused-ring (bicyclic) bond motifs is 1. The number of hydrogen-bond acceptors (Lipinski definition) is 7. The molecule has 10 heteroatoms. The molecule has 3 heterocycles. The van der Waals surface area contributed by atoms with Crippen molar-refractivity contribution in [3.63, 3.8) is 0 Å². The molecule has 9 nitrogen and oxygen atoms in total. The van der Waals surface area contributed by atoms with E-state index in [0.29, 0.717) is 34.7 Å². The summed E-state index contributed by atoms with van der Waals surface area (Å²) in [6.07, 6.45) is 3.50. The van der Waals surface area contributed by atoms with Crippen molar-refractivity contribution in [2.75, 3.05) is 6.61 Å². The molecular weight excluding hydrogens is 480 g/mol. The number of aliphatic hydroxyl groups excluding tert-OH is 2. The van der Waals surface area contributed by atoms with Crippen LogP contribution in [0.25, 0.3) is 39.2 Å². The molecule has 0 aliphatic heterocycles. The van der Waals surface area contributed by atoms with Crippen LogP contribution in [0.1, 0.15) is 12.8 Å². The fraction of sp³-hybridized carbons (Fsp3) is 0.231. The van der Waals surface area contributed by atoms with Crippen molar-refractivity contribution >= 4 is 22.8 Å². The quantitative estimate of drug-likeness (QED) is 0.320. The number of halogens is 1. The lowest BCUT2D eigenvalue weighted by Gasteiger charge is -2.17. The Kier molecular flexibility index (Phi) is 5.88. The van der Waals surface area contributed by atoms with Crippen LogP contribution < -0.4 is 4.74 Å². The van der Waals surface area contributed by atoms with Crippen LogP contribution in [0.5, 0.6) is 6.01 Å². The molecule has 182 valence electrons. The molecule has 0 amide bonds. The number of hydrogen-bond donors (Lipinski definition) is 3. The second kappa shape index (κ2) is 9.34. The number of aliphatic hydroxyl groups is 2. The predicted octanol–water partition coefficient (Wildman–Crippen LogP) is 4.04. The first kappa shape index (κ1) is 22.7. The topological polar surface area (TPSA) is 122 Å². The van der Waals surface area contributed by atoms with Gasteiger partial charge in [0.05, 0.1) is 40.4 Å². The molecule has 2 aromatic carbocycles. The molecule has 36 heavy (non-hydrogen) atoms. The number of H-pyrrole nitrogens is 1. The normalized spacial score (nSPS) is 19.7. The number of benzene rings is 2. The minimum atomic E-state index is -0.729. The van der Waals surface area contributed by atoms with E-state index in [2.05, 4.69) is 25.1 Å². The van der Waals surface area contributed by atoms with Crippen molar-refractivity contribution in [3.8, 4) is 34.1 Å². The van der Waals surface area contributed by atoms with Gasteiger partial charge in [-0.3, -0.25) is 0 Å². The number of aromatic nitrogens is 6. The second-order valence-electron chi connectivity index (χ2n) is 8.84. The van der Waals surface area contributed by atoms with Gasteiger partial charge in [0, 0.05) is 18.1 Å². The number of aromatic amines is 1. The molecule has 3 N–H and O–H groups in total. The molecule has 3 atom stereocenters. The average Bonchev–Trinajstić information content (AvgIpc) is 3.65. The summed E-state index contributed by atoms with van der Waals surface area (Å²) in [5.74, 6) is -0.173. The Morgan fingerprint density at radius 3 is 2.28 bits per heavy atom. The summed E-state index contributed by atoms with van der Waals surface area (Å²) >= 11 is 6.57. The smallest absolute Gasteiger partial charge is 0.296 e. The van der Waals surface area contributed by atoms with Gasteiger partial charge < -0.3 is 19.9 Å². The third kappa shape index (κ3) is 4.21. The van der Waals surface area contributed by atoms with Crippen molar-refractivity contribution in [3.05, 3.63) is 72.0 Å². The molecule has 0 saturated heterocycles. The molecular formula is C26H23ClN6O3. The largest absolute Gasteiger partial charge is 0.459 e. The summed E-state index contributed by atoms with van der Waals surface area (Å²) in [5, 5.41) is 28.5. The second-order valence-corrected chi connectivity index (χ2v) is 9.25. The Morgan fingerprint density at radius 2 is 1.61 bits per heavy atom. The van der Waals surface area contributed by atoms with Crippen molar-refractivity contribution in [2.24, 2.45) is 5.92 Å². The summed E-state index contributed by atoms with van der Waals surface area (Å²) in [4.78, 5) is 13.8. The standard InChI is InChI=1S/C26H23ClN6O3/c27-20-13-21-25(32-26(30-21)36-22-10-7-18(14-34)24(22)35)31-23(20)17-3-1-15(2-4-17)16-5-8-19(9-6-16)33-28-11-12-29-33/h1-6,8-9,11-13,18,22,24,34-35H,7,10,14H2,(H,30,31,32)/t18-,22-,24-/m1/s1. The SMILES string of the molecule is OC[C@H]1CC[C@@H](Oc2nc3nc(-c4ccc(-c5ccc(-n6nccn6)cc5)cc4)c(Cl)cc3[nH]2)[C@@H]1O. The molecule has 1 aliphatic carbocycles. The Bertz CT molecular complexity index is 1490. The van der Waals surface area contributed by atoms with Crippen LogP contribution in [0.3, 0.4) is 0 Å². The third-order valence-corrected chi connectivity index (χ3v) is 6.89. The molecule has 1 fully saturated rings. The van der Waals surface area contributed by atoms with E-state index in [0.717, 1.165) is 22.4 Å². The monoisotopic (exact) mass is 502 g/mol. The minimum absolute atomic E-state index is 0.0610. The fourth-order valence-corrected chi connectivity index (χ4v) is 4.87. The number of imidazole rings is 1. The molecule has 1 saturated carbocycles. The van der Waals surface area contributed by atoms with Crippen molar-refractivity contribution in [1.29, 1.82) is 0 Å². The zero-order valence-corrected chi connectivity index (χ0v) is 19.9. The lowest BCUT2D eigenvalue weighted by Crippen LogP contribution is -2.31. The Hall–Kier alpha value is -3.79. The first-order valence-electron chi connectivity index (χ1n) is 11.7. The summed E-state index contributed by atoms with van der Waals surface area (Å²) in [5.41, 5.74) is 5.63. The maximum absolute atomic E-state index is 10.3. The highest BCUT2D eigenvalue weighted by Crippen LogP contribution is 2.33. The maximum atomic E-state index is 10.3. The molecule has 0 radical (unpaired) electrons. The summed E-state index contributed by atoms with van der Waals surface area (Å²) in [6.45, 7) is -0.0610. The van der Waals surface area contributed by atoms with Crippen LogP contribution in [0.15, 0.2) is 67.0 Å². The molecule has 3 aromatic heterocycles. The summed E-state index contributed by atoms with van der Waals surface area (Å²) < 4.78 is 5.87. The predicted molar refractivity (Wildman–Crippen MR) is 135 cm³/mol. The lowest BCUT2D eigenvalue weighted by molar-refractivity contribution is 0.0155. The Labute approximate surface area is 211 Å². The van der Waals surface area contributed by atoms with E-state index in [9.17, 15) is 10.2 Å². The molecule has 0 unspecified atom stereocenters. The maximum Gasteiger partial charge on any atom is 0.296 e. The van der Waals surface area contributed by atoms with Gasteiger partial charge in [0.25, 0.3) is 6.01 Å². The number of ether oxygens (including phenoxy) is 1. The van der Waals surface area contributed by atoms with Crippen LogP contribution in [0.4, 0.5) is 0 Å². The highest BCUT2D eigenvalue weighted by Gasteiger charge is 2.36. The van der Waals surface area contributed by atoms with E-state index in [4.69, 9.17) is 16.3 Å². The van der Waals surface area contributed by atoms with Gasteiger partial charge in [0.15, 0.2) is 5.65 Å². The van der Waals surface area contributed by atoms with Crippen LogP contribution in [-0.4, -0.2) is 59.0 Å². The highest BCUT2D eigenvalue weighted by atomic mass is 35.5. The van der Waals surface area contributed by atoms with Gasteiger partial charge in [-0.1, -0.05) is 48.0 Å². The average molecular weight is 503 g/mol. The fourth-order valence-electron chi connectivity index (χ4n) is 4.61. The van der Waals surface area contributed by atoms with Crippen LogP contribution >= 0.6 is 11.6 Å². The van der Waals surface area contributed by atoms with E-state index < -0.39 is 12.2 Å². The molecule has 0 spiro atoms. The highest BCUT2D eigenvalue weighted by molar-refractivity contribution is 6.33. The summed E-state index contributed by atoms with van der Waals surface area (Å²) in [7, 11) is 0. The molecule has 5 aromatic rings. The van der Waals surface area contributed by atoms with E-state index in [-0.39, 0.29) is 18.5 Å². The van der Waals surface area contributed by atoms with Gasteiger partial charge in [-0.25, -0.2) is 4.98 Å². The zero-order valence-electron chi connectivity index (χ0n) is 19.1. The number of nitrogens with one attached hydrogen (secondary N) is 1. The molecule has 0 bridgehead atoms. The number of nitrogens with zero attached hydrogens (tertiary/aromatic N) is 5. The minimum Gasteiger partial charge on any atom is -0.459 e. The van der Waals surface area contributed by atoms with Crippen molar-refractivity contribution in [2.45, 2.75) is 25.0 Å². The van der Waals surface area contributed by atoms with E-state index >= 15 is 0 Å². The third-order valence-electron chi connectivity index (χ3n) is 6.60. The van der Waals surface area contributed by atoms with Gasteiger partial charge in [0.2, 0.25) is 0 Å². The summed E-state index contributed by atoms with van der Waals surface area (Å²) in [6, 6.07) is 18.1. The lowest BCUT2D eigenvalue weighted by atomic mass is 10.0. The van der Waals surface area contributed by atoms with Crippen molar-refractivity contribution < 1.29 is 14.9 Å².